The quantitative estimate of drug-likeness (QED) is 0.604. The van der Waals surface area contributed by atoms with E-state index in [0.717, 1.165) is 5.00 Å². The summed E-state index contributed by atoms with van der Waals surface area (Å²) < 4.78 is 0. The Morgan fingerprint density at radius 3 is 3.10 bits per heavy atom. The molecule has 2 rings (SSSR count). The minimum Gasteiger partial charge on any atom is -0.134 e. The van der Waals surface area contributed by atoms with E-state index < -0.39 is 0 Å². The van der Waals surface area contributed by atoms with Gasteiger partial charge in [-0.3, -0.25) is 0 Å². The van der Waals surface area contributed by atoms with Crippen LogP contribution in [0.25, 0.3) is 5.00 Å². The Morgan fingerprint density at radius 1 is 1.50 bits per heavy atom. The Hall–Kier alpha value is -1.23. The van der Waals surface area contributed by atoms with E-state index in [-0.39, 0.29) is 0 Å². The number of aromatic nitrogens is 4. The van der Waals surface area contributed by atoms with E-state index in [1.54, 1.807) is 11.3 Å². The molecule has 0 aliphatic heterocycles. The number of hydrogen-bond donors (Lipinski definition) is 0. The molecule has 0 spiro atoms. The average Bonchev–Trinajstić information content (AvgIpc) is 2.59. The van der Waals surface area contributed by atoms with Gasteiger partial charge in [-0.05, 0) is 22.7 Å². The second-order valence-electron chi connectivity index (χ2n) is 1.68. The van der Waals surface area contributed by atoms with Gasteiger partial charge in [-0.1, -0.05) is 0 Å². The maximum atomic E-state index is 3.86. The van der Waals surface area contributed by atoms with Gasteiger partial charge in [0.2, 0.25) is 0 Å². The molecule has 0 radical (unpaired) electrons. The van der Waals surface area contributed by atoms with Gasteiger partial charge >= 0.3 is 0 Å². The summed E-state index contributed by atoms with van der Waals surface area (Å²) in [5.41, 5.74) is 0. The van der Waals surface area contributed by atoms with E-state index in [0.29, 0.717) is 0 Å². The minimum atomic E-state index is 0.984. The van der Waals surface area contributed by atoms with E-state index in [1.807, 2.05) is 17.5 Å². The predicted molar refractivity (Wildman–Crippen MR) is 37.0 cm³/mol. The van der Waals surface area contributed by atoms with Crippen molar-refractivity contribution in [2.24, 2.45) is 0 Å². The van der Waals surface area contributed by atoms with E-state index in [9.17, 15) is 0 Å². The molecule has 50 valence electrons. The van der Waals surface area contributed by atoms with Gasteiger partial charge in [0.05, 0.1) is 0 Å². The lowest BCUT2D eigenvalue weighted by Gasteiger charge is -1.87. The fourth-order valence-electron chi connectivity index (χ4n) is 0.652. The van der Waals surface area contributed by atoms with Crippen LogP contribution in [0.1, 0.15) is 0 Å². The lowest BCUT2D eigenvalue weighted by Crippen LogP contribution is -1.94. The van der Waals surface area contributed by atoms with Crippen LogP contribution in [-0.2, 0) is 0 Å². The van der Waals surface area contributed by atoms with Crippen molar-refractivity contribution >= 4 is 11.3 Å². The summed E-state index contributed by atoms with van der Waals surface area (Å²) >= 11 is 1.58. The zero-order chi connectivity index (χ0) is 6.81. The molecular formula is C5H4N4S. The molecule has 0 saturated heterocycles. The Labute approximate surface area is 61.1 Å². The van der Waals surface area contributed by atoms with Crippen LogP contribution in [0.3, 0.4) is 0 Å². The Kier molecular flexibility index (Phi) is 1.21. The Balaban J connectivity index is 2.48. The van der Waals surface area contributed by atoms with Crippen LogP contribution in [0.5, 0.6) is 0 Å². The van der Waals surface area contributed by atoms with E-state index in [4.69, 9.17) is 0 Å². The zero-order valence-electron chi connectivity index (χ0n) is 5.01. The van der Waals surface area contributed by atoms with Crippen molar-refractivity contribution in [3.8, 4) is 5.00 Å². The highest BCUT2D eigenvalue weighted by Gasteiger charge is 1.95. The summed E-state index contributed by atoms with van der Waals surface area (Å²) in [6.45, 7) is 0. The molecule has 10 heavy (non-hydrogen) atoms. The van der Waals surface area contributed by atoms with E-state index in [2.05, 4.69) is 15.4 Å². The van der Waals surface area contributed by atoms with E-state index >= 15 is 0 Å². The summed E-state index contributed by atoms with van der Waals surface area (Å²) in [5, 5.41) is 14.1. The molecule has 0 amide bonds. The van der Waals surface area contributed by atoms with Gasteiger partial charge in [-0.15, -0.1) is 26.3 Å². The predicted octanol–water partition coefficient (Wildman–Crippen LogP) is 0.724. The third kappa shape index (κ3) is 0.801. The first kappa shape index (κ1) is 5.55. The molecule has 0 fully saturated rings. The molecule has 0 saturated carbocycles. The van der Waals surface area contributed by atoms with Crippen LogP contribution in [0.4, 0.5) is 0 Å². The van der Waals surface area contributed by atoms with Crippen molar-refractivity contribution in [2.45, 2.75) is 0 Å². The molecule has 0 unspecified atom stereocenters. The first-order chi connectivity index (χ1) is 4.97. The van der Waals surface area contributed by atoms with Gasteiger partial charge in [-0.2, -0.15) is 0 Å². The fraction of sp³-hybridized carbons (Fsp3) is 0. The molecule has 2 heterocycles. The fourth-order valence-corrected chi connectivity index (χ4v) is 1.28. The van der Waals surface area contributed by atoms with Crippen LogP contribution >= 0.6 is 11.3 Å². The number of thiophene rings is 1. The third-order valence-electron chi connectivity index (χ3n) is 1.05. The smallest absolute Gasteiger partial charge is 0.134 e. The third-order valence-corrected chi connectivity index (χ3v) is 1.89. The van der Waals surface area contributed by atoms with Crippen molar-refractivity contribution in [3.05, 3.63) is 23.8 Å². The molecule has 0 bridgehead atoms. The molecule has 0 N–H and O–H groups in total. The second-order valence-corrected chi connectivity index (χ2v) is 2.60. The minimum absolute atomic E-state index is 0.984. The highest BCUT2D eigenvalue weighted by atomic mass is 32.1. The maximum absolute atomic E-state index is 3.86. The standard InChI is InChI=1S/C5H4N4S/c1-2-5(10-3-1)9-7-4-6-8-9/h1-4H. The van der Waals surface area contributed by atoms with Crippen LogP contribution < -0.4 is 0 Å². The summed E-state index contributed by atoms with van der Waals surface area (Å²) in [6.07, 6.45) is 1.42. The first-order valence-corrected chi connectivity index (χ1v) is 3.61. The number of nitrogens with zero attached hydrogens (tertiary/aromatic N) is 4. The van der Waals surface area contributed by atoms with Gasteiger partial charge in [-0.25, -0.2) is 0 Å². The topological polar surface area (TPSA) is 43.6 Å². The second kappa shape index (κ2) is 2.18. The highest BCUT2D eigenvalue weighted by molar-refractivity contribution is 7.12. The molecule has 0 atom stereocenters. The molecule has 0 aromatic carbocycles. The first-order valence-electron chi connectivity index (χ1n) is 2.74. The Bertz CT molecular complexity index is 253. The summed E-state index contributed by atoms with van der Waals surface area (Å²) in [4.78, 5) is 1.49. The molecule has 4 nitrogen and oxygen atoms in total. The van der Waals surface area contributed by atoms with Gasteiger partial charge in [0.15, 0.2) is 6.33 Å². The van der Waals surface area contributed by atoms with Crippen molar-refractivity contribution in [2.75, 3.05) is 0 Å². The van der Waals surface area contributed by atoms with Crippen LogP contribution in [0.2, 0.25) is 0 Å². The van der Waals surface area contributed by atoms with Crippen molar-refractivity contribution in [1.82, 2.24) is 20.2 Å². The van der Waals surface area contributed by atoms with E-state index in [1.165, 1.54) is 11.1 Å². The highest BCUT2D eigenvalue weighted by Crippen LogP contribution is 2.10. The monoisotopic (exact) mass is 152 g/mol. The molecule has 2 aromatic heterocycles. The van der Waals surface area contributed by atoms with Crippen LogP contribution in [0.15, 0.2) is 23.8 Å². The number of tetrazole rings is 1. The molecular weight excluding hydrogens is 148 g/mol. The zero-order valence-corrected chi connectivity index (χ0v) is 5.82. The average molecular weight is 152 g/mol. The molecule has 5 heteroatoms. The lowest BCUT2D eigenvalue weighted by atomic mass is 10.6. The SMILES string of the molecule is c1csc(-n2ncnn2)c1. The van der Waals surface area contributed by atoms with Gasteiger partial charge < -0.3 is 0 Å². The van der Waals surface area contributed by atoms with Crippen molar-refractivity contribution in [3.63, 3.8) is 0 Å². The lowest BCUT2D eigenvalue weighted by molar-refractivity contribution is 0.731. The molecule has 0 aliphatic carbocycles. The Morgan fingerprint density at radius 2 is 2.50 bits per heavy atom. The maximum Gasteiger partial charge on any atom is 0.162 e. The summed E-state index contributed by atoms with van der Waals surface area (Å²) in [6, 6.07) is 3.88. The normalized spacial score (nSPS) is 10.0. The van der Waals surface area contributed by atoms with Crippen LogP contribution in [-0.4, -0.2) is 20.2 Å². The number of rotatable bonds is 1. The van der Waals surface area contributed by atoms with Gasteiger partial charge in [0.1, 0.15) is 5.00 Å². The number of hydrogen-bond acceptors (Lipinski definition) is 4. The summed E-state index contributed by atoms with van der Waals surface area (Å²) in [7, 11) is 0. The van der Waals surface area contributed by atoms with Gasteiger partial charge in [0, 0.05) is 0 Å². The molecule has 0 aliphatic rings. The van der Waals surface area contributed by atoms with Crippen molar-refractivity contribution < 1.29 is 0 Å². The van der Waals surface area contributed by atoms with Crippen LogP contribution in [0, 0.1) is 0 Å². The van der Waals surface area contributed by atoms with Crippen molar-refractivity contribution in [1.29, 1.82) is 0 Å². The van der Waals surface area contributed by atoms with Gasteiger partial charge in [0.25, 0.3) is 0 Å². The largest absolute Gasteiger partial charge is 0.162 e. The molecule has 2 aromatic rings. The summed E-state index contributed by atoms with van der Waals surface area (Å²) in [5.74, 6) is 0.